The third-order valence-electron chi connectivity index (χ3n) is 4.36. The maximum atomic E-state index is 12.9. The van der Waals surface area contributed by atoms with E-state index in [2.05, 4.69) is 10.3 Å². The normalized spacial score (nSPS) is 14.4. The molecule has 2 aromatic rings. The Morgan fingerprint density at radius 1 is 1.33 bits per heavy atom. The zero-order chi connectivity index (χ0) is 17.1. The number of pyridine rings is 1. The van der Waals surface area contributed by atoms with Crippen molar-refractivity contribution in [2.75, 3.05) is 13.7 Å². The van der Waals surface area contributed by atoms with Crippen LogP contribution >= 0.6 is 0 Å². The second-order valence-electron chi connectivity index (χ2n) is 5.93. The van der Waals surface area contributed by atoms with E-state index in [1.54, 1.807) is 0 Å². The number of fused-ring (bicyclic) bond motifs is 2. The van der Waals surface area contributed by atoms with Crippen LogP contribution in [0, 0.1) is 0 Å². The maximum Gasteiger partial charge on any atom is 0.326 e. The summed E-state index contributed by atoms with van der Waals surface area (Å²) < 4.78 is 4.93. The summed E-state index contributed by atoms with van der Waals surface area (Å²) in [5, 5.41) is 12.7. The predicted molar refractivity (Wildman–Crippen MR) is 89.2 cm³/mol. The van der Waals surface area contributed by atoms with Gasteiger partial charge in [-0.05, 0) is 30.9 Å². The number of aromatic nitrogens is 1. The summed E-state index contributed by atoms with van der Waals surface area (Å²) >= 11 is 0. The van der Waals surface area contributed by atoms with Crippen LogP contribution in [0.4, 0.5) is 0 Å². The number of aliphatic carboxylic acids is 1. The number of hydrogen-bond donors (Lipinski definition) is 2. The lowest BCUT2D eigenvalue weighted by molar-refractivity contribution is -0.139. The molecule has 2 N–H and O–H groups in total. The number of methoxy groups -OCH3 is 1. The number of para-hydroxylation sites is 1. The third-order valence-corrected chi connectivity index (χ3v) is 4.36. The van der Waals surface area contributed by atoms with Crippen LogP contribution in [-0.2, 0) is 22.4 Å². The topological polar surface area (TPSA) is 88.5 Å². The fourth-order valence-corrected chi connectivity index (χ4v) is 3.19. The molecule has 0 bridgehead atoms. The number of amides is 1. The van der Waals surface area contributed by atoms with Crippen molar-refractivity contribution in [3.05, 3.63) is 41.1 Å². The fourth-order valence-electron chi connectivity index (χ4n) is 3.19. The second-order valence-corrected chi connectivity index (χ2v) is 5.93. The molecule has 1 atom stereocenters. The largest absolute Gasteiger partial charge is 0.480 e. The number of benzene rings is 1. The molecule has 6 nitrogen and oxygen atoms in total. The molecule has 1 aliphatic rings. The van der Waals surface area contributed by atoms with Crippen LogP contribution in [-0.4, -0.2) is 41.7 Å². The summed E-state index contributed by atoms with van der Waals surface area (Å²) in [6.45, 7) is 0.270. The van der Waals surface area contributed by atoms with E-state index >= 15 is 0 Å². The molecule has 1 amide bonds. The lowest BCUT2D eigenvalue weighted by atomic mass is 10.00. The minimum atomic E-state index is -1.06. The summed E-state index contributed by atoms with van der Waals surface area (Å²) in [5.74, 6) is -1.41. The summed E-state index contributed by atoms with van der Waals surface area (Å²) in [6.07, 6.45) is 2.84. The first kappa shape index (κ1) is 16.4. The van der Waals surface area contributed by atoms with Crippen molar-refractivity contribution in [3.8, 4) is 0 Å². The van der Waals surface area contributed by atoms with Crippen LogP contribution in [0.5, 0.6) is 0 Å². The number of ether oxygens (including phenoxy) is 1. The summed E-state index contributed by atoms with van der Waals surface area (Å²) in [5.41, 5.74) is 3.23. The highest BCUT2D eigenvalue weighted by atomic mass is 16.5. The van der Waals surface area contributed by atoms with Crippen molar-refractivity contribution < 1.29 is 19.4 Å². The Kier molecular flexibility index (Phi) is 4.76. The first-order valence-corrected chi connectivity index (χ1v) is 8.05. The van der Waals surface area contributed by atoms with Crippen molar-refractivity contribution in [2.45, 2.75) is 31.7 Å². The molecule has 0 fully saturated rings. The molecule has 126 valence electrons. The molecule has 1 aromatic carbocycles. The van der Waals surface area contributed by atoms with Gasteiger partial charge in [0.1, 0.15) is 6.04 Å². The molecule has 1 aromatic heterocycles. The zero-order valence-electron chi connectivity index (χ0n) is 13.5. The molecular formula is C18H20N2O4. The molecule has 0 spiro atoms. The van der Waals surface area contributed by atoms with E-state index < -0.39 is 12.0 Å². The molecule has 1 heterocycles. The van der Waals surface area contributed by atoms with Crippen molar-refractivity contribution in [1.29, 1.82) is 0 Å². The zero-order valence-corrected chi connectivity index (χ0v) is 13.5. The number of carbonyl (C=O) groups is 2. The Hall–Kier alpha value is -2.47. The number of nitrogens with zero attached hydrogens (tertiary/aromatic N) is 1. The Bertz CT molecular complexity index is 788. The average molecular weight is 328 g/mol. The van der Waals surface area contributed by atoms with Gasteiger partial charge in [-0.3, -0.25) is 9.78 Å². The van der Waals surface area contributed by atoms with Gasteiger partial charge in [0.2, 0.25) is 0 Å². The first-order chi connectivity index (χ1) is 11.6. The third kappa shape index (κ3) is 3.10. The van der Waals surface area contributed by atoms with Crippen LogP contribution in [0.1, 0.15) is 34.5 Å². The maximum absolute atomic E-state index is 12.9. The van der Waals surface area contributed by atoms with Gasteiger partial charge in [-0.25, -0.2) is 4.79 Å². The Balaban J connectivity index is 1.99. The SMILES string of the molecule is COCCC(NC(=O)c1c2c(nc3ccccc13)CCC2)C(=O)O. The molecule has 24 heavy (non-hydrogen) atoms. The lowest BCUT2D eigenvalue weighted by Gasteiger charge is -2.17. The second kappa shape index (κ2) is 6.97. The Morgan fingerprint density at radius 3 is 2.88 bits per heavy atom. The van der Waals surface area contributed by atoms with E-state index in [1.807, 2.05) is 24.3 Å². The number of nitrogens with one attached hydrogen (secondary N) is 1. The highest BCUT2D eigenvalue weighted by Gasteiger charge is 2.27. The molecular weight excluding hydrogens is 308 g/mol. The number of carboxylic acids is 1. The van der Waals surface area contributed by atoms with Crippen molar-refractivity contribution in [3.63, 3.8) is 0 Å². The van der Waals surface area contributed by atoms with Crippen molar-refractivity contribution in [2.24, 2.45) is 0 Å². The summed E-state index contributed by atoms with van der Waals surface area (Å²) in [7, 11) is 1.50. The molecule has 3 rings (SSSR count). The molecule has 0 radical (unpaired) electrons. The van der Waals surface area contributed by atoms with Gasteiger partial charge in [-0.1, -0.05) is 18.2 Å². The van der Waals surface area contributed by atoms with E-state index in [9.17, 15) is 14.7 Å². The Labute approximate surface area is 139 Å². The van der Waals surface area contributed by atoms with Gasteiger partial charge in [-0.2, -0.15) is 0 Å². The van der Waals surface area contributed by atoms with Gasteiger partial charge in [-0.15, -0.1) is 0 Å². The van der Waals surface area contributed by atoms with Gasteiger partial charge < -0.3 is 15.2 Å². The Morgan fingerprint density at radius 2 is 2.12 bits per heavy atom. The van der Waals surface area contributed by atoms with Gasteiger partial charge >= 0.3 is 5.97 Å². The van der Waals surface area contributed by atoms with Gasteiger partial charge in [0.05, 0.1) is 11.1 Å². The predicted octanol–water partition coefficient (Wildman–Crippen LogP) is 1.94. The number of carbonyl (C=O) groups excluding carboxylic acids is 1. The van der Waals surface area contributed by atoms with E-state index in [0.717, 1.165) is 41.4 Å². The number of hydrogen-bond acceptors (Lipinski definition) is 4. The standard InChI is InChI=1S/C18H20N2O4/c1-24-10-9-15(18(22)23)20-17(21)16-11-5-2-3-7-13(11)19-14-8-4-6-12(14)16/h2-3,5,7,15H,4,6,8-10H2,1H3,(H,20,21)(H,22,23). The van der Waals surface area contributed by atoms with Crippen molar-refractivity contribution >= 4 is 22.8 Å². The highest BCUT2D eigenvalue weighted by Crippen LogP contribution is 2.29. The molecule has 0 aliphatic heterocycles. The van der Waals surface area contributed by atoms with E-state index in [0.29, 0.717) is 5.56 Å². The molecule has 1 aliphatic carbocycles. The minimum Gasteiger partial charge on any atom is -0.480 e. The monoisotopic (exact) mass is 328 g/mol. The van der Waals surface area contributed by atoms with Crippen LogP contribution in [0.3, 0.4) is 0 Å². The molecule has 0 saturated heterocycles. The quantitative estimate of drug-likeness (QED) is 0.846. The summed E-state index contributed by atoms with van der Waals surface area (Å²) in [6, 6.07) is 6.52. The van der Waals surface area contributed by atoms with Crippen molar-refractivity contribution in [1.82, 2.24) is 10.3 Å². The van der Waals surface area contributed by atoms with E-state index in [-0.39, 0.29) is 18.9 Å². The van der Waals surface area contributed by atoms with E-state index in [1.165, 1.54) is 7.11 Å². The van der Waals surface area contributed by atoms with Gasteiger partial charge in [0.25, 0.3) is 5.91 Å². The minimum absolute atomic E-state index is 0.225. The van der Waals surface area contributed by atoms with Crippen LogP contribution < -0.4 is 5.32 Å². The van der Waals surface area contributed by atoms with Gasteiger partial charge in [0, 0.05) is 31.2 Å². The van der Waals surface area contributed by atoms with E-state index in [4.69, 9.17) is 4.74 Å². The fraction of sp³-hybridized carbons (Fsp3) is 0.389. The lowest BCUT2D eigenvalue weighted by Crippen LogP contribution is -2.42. The number of rotatable bonds is 6. The molecule has 1 unspecified atom stereocenters. The number of carboxylic acid groups (broad SMARTS) is 1. The van der Waals surface area contributed by atoms with Gasteiger partial charge in [0.15, 0.2) is 0 Å². The smallest absolute Gasteiger partial charge is 0.326 e. The van der Waals surface area contributed by atoms with Crippen LogP contribution in [0.2, 0.25) is 0 Å². The molecule has 6 heteroatoms. The first-order valence-electron chi connectivity index (χ1n) is 8.05. The average Bonchev–Trinajstić information content (AvgIpc) is 3.03. The molecule has 0 saturated carbocycles. The van der Waals surface area contributed by atoms with Crippen LogP contribution in [0.25, 0.3) is 10.9 Å². The highest BCUT2D eigenvalue weighted by molar-refractivity contribution is 6.08. The summed E-state index contributed by atoms with van der Waals surface area (Å²) in [4.78, 5) is 28.9. The van der Waals surface area contributed by atoms with Crippen LogP contribution in [0.15, 0.2) is 24.3 Å². The number of aryl methyl sites for hydroxylation is 1.